The number of nitriles is 1. The third-order valence-corrected chi connectivity index (χ3v) is 6.21. The molecule has 2 aliphatic rings. The fraction of sp³-hybridized carbons (Fsp3) is 0.632. The Balaban J connectivity index is 1.28. The maximum atomic E-state index is 13.9. The maximum absolute atomic E-state index is 13.9. The van der Waals surface area contributed by atoms with Crippen LogP contribution in [0.3, 0.4) is 0 Å². The summed E-state index contributed by atoms with van der Waals surface area (Å²) in [5.41, 5.74) is 0.228. The van der Waals surface area contributed by atoms with Gasteiger partial charge in [-0.25, -0.2) is 9.07 Å². The van der Waals surface area contributed by atoms with Crippen molar-refractivity contribution in [2.24, 2.45) is 5.92 Å². The summed E-state index contributed by atoms with van der Waals surface area (Å²) in [5.74, 6) is 1.52. The quantitative estimate of drug-likeness (QED) is 0.620. The molecule has 1 aromatic heterocycles. The Kier molecular flexibility index (Phi) is 5.33. The summed E-state index contributed by atoms with van der Waals surface area (Å²) in [6, 6.07) is 5.77. The van der Waals surface area contributed by atoms with Gasteiger partial charge in [-0.2, -0.15) is 5.26 Å². The molecule has 6 nitrogen and oxygen atoms in total. The highest BCUT2D eigenvalue weighted by Crippen LogP contribution is 2.35. The van der Waals surface area contributed by atoms with Crippen molar-refractivity contribution < 1.29 is 9.13 Å². The van der Waals surface area contributed by atoms with Crippen molar-refractivity contribution in [2.75, 3.05) is 26.2 Å². The predicted octanol–water partition coefficient (Wildman–Crippen LogP) is 3.70. The molecule has 0 amide bonds. The molecule has 27 heavy (non-hydrogen) atoms. The molecule has 1 aliphatic heterocycles. The average Bonchev–Trinajstić information content (AvgIpc) is 3.40. The van der Waals surface area contributed by atoms with Crippen LogP contribution in [0.25, 0.3) is 11.0 Å². The third-order valence-electron chi connectivity index (χ3n) is 5.44. The molecule has 4 rings (SSSR count). The molecule has 1 aromatic carbocycles. The van der Waals surface area contributed by atoms with Crippen molar-refractivity contribution in [3.8, 4) is 11.8 Å². The van der Waals surface area contributed by atoms with Gasteiger partial charge < -0.3 is 9.64 Å². The van der Waals surface area contributed by atoms with Crippen LogP contribution >= 0.6 is 15.9 Å². The maximum Gasteiger partial charge on any atom is 0.198 e. The van der Waals surface area contributed by atoms with Crippen molar-refractivity contribution in [3.63, 3.8) is 0 Å². The van der Waals surface area contributed by atoms with Crippen LogP contribution in [-0.2, 0) is 6.54 Å². The molecule has 0 atom stereocenters. The smallest absolute Gasteiger partial charge is 0.198 e. The molecular formula is C19H23BrFN5O. The Labute approximate surface area is 166 Å². The lowest BCUT2D eigenvalue weighted by Crippen LogP contribution is -2.41. The SMILES string of the molecule is N#CC1(F)CCN(CCCOc2ccc3c(nnn3CC3CC3)c2Br)CC1. The number of halogens is 2. The van der Waals surface area contributed by atoms with Crippen LogP contribution in [0.4, 0.5) is 4.39 Å². The summed E-state index contributed by atoms with van der Waals surface area (Å²) in [4.78, 5) is 2.19. The van der Waals surface area contributed by atoms with Crippen LogP contribution in [-0.4, -0.2) is 51.8 Å². The average molecular weight is 436 g/mol. The van der Waals surface area contributed by atoms with Crippen LogP contribution in [0, 0.1) is 17.2 Å². The highest BCUT2D eigenvalue weighted by atomic mass is 79.9. The standard InChI is InChI=1S/C19H23BrFN5O/c20-17-16(5-4-15-18(17)23-24-26(15)12-14-2-3-14)27-11-1-8-25-9-6-19(21,13-22)7-10-25/h4-5,14H,1-3,6-12H2. The fourth-order valence-electron chi connectivity index (χ4n) is 3.49. The molecule has 0 bridgehead atoms. The van der Waals surface area contributed by atoms with Crippen LogP contribution < -0.4 is 4.74 Å². The first-order valence-electron chi connectivity index (χ1n) is 9.55. The Bertz CT molecular complexity index is 852. The molecule has 0 unspecified atom stereocenters. The Hall–Kier alpha value is -1.72. The summed E-state index contributed by atoms with van der Waals surface area (Å²) in [6.45, 7) is 3.62. The highest BCUT2D eigenvalue weighted by Gasteiger charge is 2.34. The van der Waals surface area contributed by atoms with Crippen molar-refractivity contribution in [1.82, 2.24) is 19.9 Å². The van der Waals surface area contributed by atoms with E-state index in [1.165, 1.54) is 12.8 Å². The summed E-state index contributed by atoms with van der Waals surface area (Å²) in [7, 11) is 0. The van der Waals surface area contributed by atoms with Gasteiger partial charge >= 0.3 is 0 Å². The summed E-state index contributed by atoms with van der Waals surface area (Å²) in [5, 5.41) is 17.4. The zero-order valence-electron chi connectivity index (χ0n) is 15.2. The monoisotopic (exact) mass is 435 g/mol. The number of piperidine rings is 1. The van der Waals surface area contributed by atoms with E-state index in [2.05, 4.69) is 31.1 Å². The van der Waals surface area contributed by atoms with Gasteiger partial charge in [-0.05, 0) is 53.2 Å². The first-order chi connectivity index (χ1) is 13.1. The van der Waals surface area contributed by atoms with Crippen molar-refractivity contribution in [1.29, 1.82) is 5.26 Å². The minimum atomic E-state index is -1.63. The van der Waals surface area contributed by atoms with Gasteiger partial charge in [0.25, 0.3) is 0 Å². The summed E-state index contributed by atoms with van der Waals surface area (Å²) in [6.07, 6.45) is 4.00. The first-order valence-corrected chi connectivity index (χ1v) is 10.3. The lowest BCUT2D eigenvalue weighted by Gasteiger charge is -2.32. The van der Waals surface area contributed by atoms with Crippen molar-refractivity contribution in [3.05, 3.63) is 16.6 Å². The van der Waals surface area contributed by atoms with E-state index in [0.29, 0.717) is 32.5 Å². The minimum absolute atomic E-state index is 0.295. The summed E-state index contributed by atoms with van der Waals surface area (Å²) < 4.78 is 22.6. The molecule has 1 saturated heterocycles. The van der Waals surface area contributed by atoms with Gasteiger partial charge in [0.2, 0.25) is 0 Å². The zero-order valence-corrected chi connectivity index (χ0v) is 16.8. The molecule has 2 fully saturated rings. The van der Waals surface area contributed by atoms with Gasteiger partial charge in [0.05, 0.1) is 16.6 Å². The Morgan fingerprint density at radius 3 is 2.81 bits per heavy atom. The number of fused-ring (bicyclic) bond motifs is 1. The second kappa shape index (κ2) is 7.72. The number of hydrogen-bond acceptors (Lipinski definition) is 5. The van der Waals surface area contributed by atoms with Crippen molar-refractivity contribution >= 4 is 27.0 Å². The predicted molar refractivity (Wildman–Crippen MR) is 103 cm³/mol. The molecule has 8 heteroatoms. The van der Waals surface area contributed by atoms with Gasteiger partial charge in [-0.1, -0.05) is 5.21 Å². The highest BCUT2D eigenvalue weighted by molar-refractivity contribution is 9.10. The van der Waals surface area contributed by atoms with Crippen LogP contribution in [0.2, 0.25) is 0 Å². The number of hydrogen-bond donors (Lipinski definition) is 0. The van der Waals surface area contributed by atoms with E-state index in [9.17, 15) is 4.39 Å². The van der Waals surface area contributed by atoms with Gasteiger partial charge in [-0.3, -0.25) is 0 Å². The van der Waals surface area contributed by atoms with Gasteiger partial charge in [0, 0.05) is 39.0 Å². The normalized spacial score (nSPS) is 19.9. The Morgan fingerprint density at radius 2 is 2.11 bits per heavy atom. The fourth-order valence-corrected chi connectivity index (χ4v) is 4.02. The molecule has 0 N–H and O–H groups in total. The molecule has 144 valence electrons. The molecule has 0 spiro atoms. The van der Waals surface area contributed by atoms with Crippen LogP contribution in [0.15, 0.2) is 16.6 Å². The second-order valence-corrected chi connectivity index (χ2v) is 8.37. The van der Waals surface area contributed by atoms with Crippen molar-refractivity contribution in [2.45, 2.75) is 44.3 Å². The van der Waals surface area contributed by atoms with E-state index in [-0.39, 0.29) is 0 Å². The van der Waals surface area contributed by atoms with E-state index in [1.807, 2.05) is 16.8 Å². The number of ether oxygens (including phenoxy) is 1. The number of likely N-dealkylation sites (tertiary alicyclic amines) is 1. The van der Waals surface area contributed by atoms with E-state index in [1.54, 1.807) is 6.07 Å². The molecule has 2 aromatic rings. The van der Waals surface area contributed by atoms with Crippen LogP contribution in [0.5, 0.6) is 5.75 Å². The summed E-state index contributed by atoms with van der Waals surface area (Å²) >= 11 is 3.60. The molecule has 2 heterocycles. The molecule has 1 saturated carbocycles. The second-order valence-electron chi connectivity index (χ2n) is 7.58. The Morgan fingerprint density at radius 1 is 1.33 bits per heavy atom. The lowest BCUT2D eigenvalue weighted by molar-refractivity contribution is 0.0988. The van der Waals surface area contributed by atoms with Crippen LogP contribution in [0.1, 0.15) is 32.1 Å². The number of aromatic nitrogens is 3. The van der Waals surface area contributed by atoms with E-state index in [0.717, 1.165) is 46.7 Å². The first kappa shape index (κ1) is 18.6. The van der Waals surface area contributed by atoms with E-state index >= 15 is 0 Å². The minimum Gasteiger partial charge on any atom is -0.492 e. The molecule has 0 radical (unpaired) electrons. The largest absolute Gasteiger partial charge is 0.492 e. The van der Waals surface area contributed by atoms with E-state index < -0.39 is 5.67 Å². The van der Waals surface area contributed by atoms with Gasteiger partial charge in [-0.15, -0.1) is 5.10 Å². The van der Waals surface area contributed by atoms with Gasteiger partial charge in [0.15, 0.2) is 5.67 Å². The molecule has 1 aliphatic carbocycles. The zero-order chi connectivity index (χ0) is 18.9. The third kappa shape index (κ3) is 4.25. The van der Waals surface area contributed by atoms with E-state index in [4.69, 9.17) is 10.00 Å². The number of rotatable bonds is 7. The van der Waals surface area contributed by atoms with Gasteiger partial charge in [0.1, 0.15) is 17.3 Å². The topological polar surface area (TPSA) is 67.0 Å². The lowest BCUT2D eigenvalue weighted by atomic mass is 9.95. The molecular weight excluding hydrogens is 413 g/mol. The number of nitrogens with zero attached hydrogens (tertiary/aromatic N) is 5. The number of benzene rings is 1. The number of alkyl halides is 1.